The van der Waals surface area contributed by atoms with E-state index in [4.69, 9.17) is 11.6 Å². The minimum absolute atomic E-state index is 0.743. The Morgan fingerprint density at radius 3 is 2.76 bits per heavy atom. The van der Waals surface area contributed by atoms with Gasteiger partial charge in [-0.3, -0.25) is 0 Å². The first-order valence-corrected chi connectivity index (χ1v) is 5.87. The number of nitrogens with zero attached hydrogens (tertiary/aromatic N) is 1. The van der Waals surface area contributed by atoms with Gasteiger partial charge in [-0.15, -0.1) is 0 Å². The van der Waals surface area contributed by atoms with E-state index < -0.39 is 0 Å². The number of rotatable bonds is 4. The van der Waals surface area contributed by atoms with Crippen LogP contribution < -0.4 is 10.2 Å². The summed E-state index contributed by atoms with van der Waals surface area (Å²) in [4.78, 5) is 5.10. The van der Waals surface area contributed by atoms with E-state index in [0.717, 1.165) is 22.9 Å². The maximum Gasteiger partial charge on any atom is 0.0597 e. The third-order valence-corrected chi connectivity index (χ3v) is 2.82. The summed E-state index contributed by atoms with van der Waals surface area (Å²) in [5.74, 6) is 0. The number of aromatic amines is 1. The number of halogens is 1. The van der Waals surface area contributed by atoms with Crippen LogP contribution in [0.15, 0.2) is 36.7 Å². The number of aromatic nitrogens is 1. The molecule has 17 heavy (non-hydrogen) atoms. The van der Waals surface area contributed by atoms with E-state index in [9.17, 15) is 0 Å². The molecule has 1 heterocycles. The molecule has 2 N–H and O–H groups in total. The standard InChI is InChI=1S/C13H16ClN3/c1-17(2)13-4-3-11(14)7-12(13)16-9-10-5-6-15-8-10/h3-8,15-16H,9H2,1-2H3. The molecule has 90 valence electrons. The van der Waals surface area contributed by atoms with Crippen molar-refractivity contribution in [3.05, 3.63) is 47.2 Å². The molecule has 0 fully saturated rings. The van der Waals surface area contributed by atoms with E-state index in [-0.39, 0.29) is 0 Å². The zero-order valence-electron chi connectivity index (χ0n) is 10.00. The maximum absolute atomic E-state index is 6.02. The minimum Gasteiger partial charge on any atom is -0.379 e. The van der Waals surface area contributed by atoms with Crippen LogP contribution in [-0.4, -0.2) is 19.1 Å². The summed E-state index contributed by atoms with van der Waals surface area (Å²) >= 11 is 6.02. The van der Waals surface area contributed by atoms with Crippen LogP contribution in [0.25, 0.3) is 0 Å². The highest BCUT2D eigenvalue weighted by molar-refractivity contribution is 6.31. The van der Waals surface area contributed by atoms with Crippen molar-refractivity contribution >= 4 is 23.0 Å². The third-order valence-electron chi connectivity index (χ3n) is 2.59. The van der Waals surface area contributed by atoms with Gasteiger partial charge in [0.2, 0.25) is 0 Å². The van der Waals surface area contributed by atoms with Crippen LogP contribution in [0.5, 0.6) is 0 Å². The molecule has 0 unspecified atom stereocenters. The van der Waals surface area contributed by atoms with Crippen molar-refractivity contribution in [1.82, 2.24) is 4.98 Å². The van der Waals surface area contributed by atoms with Crippen molar-refractivity contribution < 1.29 is 0 Å². The van der Waals surface area contributed by atoms with Crippen LogP contribution >= 0.6 is 11.6 Å². The van der Waals surface area contributed by atoms with Gasteiger partial charge in [-0.2, -0.15) is 0 Å². The van der Waals surface area contributed by atoms with Gasteiger partial charge in [0.15, 0.2) is 0 Å². The monoisotopic (exact) mass is 249 g/mol. The van der Waals surface area contributed by atoms with Gasteiger partial charge in [0.05, 0.1) is 11.4 Å². The SMILES string of the molecule is CN(C)c1ccc(Cl)cc1NCc1cc[nH]c1. The largest absolute Gasteiger partial charge is 0.379 e. The molecule has 0 aliphatic carbocycles. The second-order valence-corrected chi connectivity index (χ2v) is 4.57. The van der Waals surface area contributed by atoms with Crippen molar-refractivity contribution in [3.63, 3.8) is 0 Å². The molecular formula is C13H16ClN3. The predicted molar refractivity (Wildman–Crippen MR) is 73.9 cm³/mol. The molecule has 2 aromatic rings. The fourth-order valence-corrected chi connectivity index (χ4v) is 1.88. The molecule has 4 heteroatoms. The third kappa shape index (κ3) is 2.94. The number of benzene rings is 1. The van der Waals surface area contributed by atoms with Crippen LogP contribution in [0, 0.1) is 0 Å². The number of anilines is 2. The Hall–Kier alpha value is -1.61. The number of H-pyrrole nitrogens is 1. The van der Waals surface area contributed by atoms with Crippen LogP contribution in [0.4, 0.5) is 11.4 Å². The van der Waals surface area contributed by atoms with Crippen LogP contribution in [0.3, 0.4) is 0 Å². The molecule has 0 saturated carbocycles. The summed E-state index contributed by atoms with van der Waals surface area (Å²) in [5, 5.41) is 4.13. The van der Waals surface area contributed by atoms with E-state index in [1.807, 2.05) is 50.8 Å². The lowest BCUT2D eigenvalue weighted by Crippen LogP contribution is -2.12. The first-order valence-electron chi connectivity index (χ1n) is 5.49. The number of nitrogens with one attached hydrogen (secondary N) is 2. The quantitative estimate of drug-likeness (QED) is 0.871. The first kappa shape index (κ1) is 11.9. The van der Waals surface area contributed by atoms with Gasteiger partial charge < -0.3 is 15.2 Å². The minimum atomic E-state index is 0.743. The van der Waals surface area contributed by atoms with Gasteiger partial charge in [0.25, 0.3) is 0 Å². The summed E-state index contributed by atoms with van der Waals surface area (Å²) in [6, 6.07) is 7.91. The normalized spacial score (nSPS) is 10.3. The predicted octanol–water partition coefficient (Wildman–Crippen LogP) is 3.35. The van der Waals surface area contributed by atoms with Crippen molar-refractivity contribution in [2.24, 2.45) is 0 Å². The van der Waals surface area contributed by atoms with E-state index in [2.05, 4.69) is 15.2 Å². The van der Waals surface area contributed by atoms with Gasteiger partial charge in [-0.25, -0.2) is 0 Å². The van der Waals surface area contributed by atoms with Crippen LogP contribution in [0.1, 0.15) is 5.56 Å². The molecule has 1 aromatic heterocycles. The smallest absolute Gasteiger partial charge is 0.0597 e. The first-order chi connectivity index (χ1) is 8.16. The zero-order chi connectivity index (χ0) is 12.3. The van der Waals surface area contributed by atoms with Crippen LogP contribution in [0.2, 0.25) is 5.02 Å². The highest BCUT2D eigenvalue weighted by Crippen LogP contribution is 2.28. The molecule has 3 nitrogen and oxygen atoms in total. The topological polar surface area (TPSA) is 31.1 Å². The Bertz CT molecular complexity index is 477. The second kappa shape index (κ2) is 5.15. The molecule has 0 spiro atoms. The van der Waals surface area contributed by atoms with Crippen molar-refractivity contribution in [1.29, 1.82) is 0 Å². The molecule has 0 saturated heterocycles. The molecule has 0 radical (unpaired) electrons. The molecule has 0 bridgehead atoms. The lowest BCUT2D eigenvalue weighted by molar-refractivity contribution is 1.10. The van der Waals surface area contributed by atoms with Gasteiger partial charge in [-0.05, 0) is 29.8 Å². The molecular weight excluding hydrogens is 234 g/mol. The average molecular weight is 250 g/mol. The summed E-state index contributed by atoms with van der Waals surface area (Å²) in [7, 11) is 4.04. The van der Waals surface area contributed by atoms with Gasteiger partial charge >= 0.3 is 0 Å². The molecule has 0 amide bonds. The average Bonchev–Trinajstić information content (AvgIpc) is 2.78. The Balaban J connectivity index is 2.16. The molecule has 0 aliphatic rings. The Kier molecular flexibility index (Phi) is 3.59. The summed E-state index contributed by atoms with van der Waals surface area (Å²) < 4.78 is 0. The Labute approximate surface area is 106 Å². The van der Waals surface area contributed by atoms with Crippen molar-refractivity contribution in [2.75, 3.05) is 24.3 Å². The van der Waals surface area contributed by atoms with Gasteiger partial charge in [-0.1, -0.05) is 11.6 Å². The summed E-state index contributed by atoms with van der Waals surface area (Å²) in [5.41, 5.74) is 3.39. The highest BCUT2D eigenvalue weighted by atomic mass is 35.5. The lowest BCUT2D eigenvalue weighted by Gasteiger charge is -2.18. The molecule has 0 atom stereocenters. The molecule has 1 aromatic carbocycles. The lowest BCUT2D eigenvalue weighted by atomic mass is 10.2. The molecule has 2 rings (SSSR count). The van der Waals surface area contributed by atoms with Gasteiger partial charge in [0, 0.05) is 38.1 Å². The van der Waals surface area contributed by atoms with E-state index in [1.54, 1.807) is 0 Å². The fraction of sp³-hybridized carbons (Fsp3) is 0.231. The van der Waals surface area contributed by atoms with Gasteiger partial charge in [0.1, 0.15) is 0 Å². The summed E-state index contributed by atoms with van der Waals surface area (Å²) in [6.45, 7) is 0.782. The highest BCUT2D eigenvalue weighted by Gasteiger charge is 2.05. The second-order valence-electron chi connectivity index (χ2n) is 4.13. The fourth-order valence-electron chi connectivity index (χ4n) is 1.71. The van der Waals surface area contributed by atoms with E-state index >= 15 is 0 Å². The number of hydrogen-bond donors (Lipinski definition) is 2. The summed E-state index contributed by atoms with van der Waals surface area (Å²) in [6.07, 6.45) is 3.90. The van der Waals surface area contributed by atoms with Crippen molar-refractivity contribution in [3.8, 4) is 0 Å². The number of hydrogen-bond acceptors (Lipinski definition) is 2. The molecule has 0 aliphatic heterocycles. The Morgan fingerprint density at radius 2 is 2.12 bits per heavy atom. The maximum atomic E-state index is 6.02. The Morgan fingerprint density at radius 1 is 1.29 bits per heavy atom. The van der Waals surface area contributed by atoms with E-state index in [0.29, 0.717) is 0 Å². The zero-order valence-corrected chi connectivity index (χ0v) is 10.8. The van der Waals surface area contributed by atoms with Crippen LogP contribution in [-0.2, 0) is 6.54 Å². The van der Waals surface area contributed by atoms with E-state index in [1.165, 1.54) is 5.56 Å². The van der Waals surface area contributed by atoms with Crippen molar-refractivity contribution in [2.45, 2.75) is 6.54 Å².